The molecule has 2 amide bonds. The van der Waals surface area contributed by atoms with Gasteiger partial charge in [-0.3, -0.25) is 4.79 Å². The van der Waals surface area contributed by atoms with Crippen LogP contribution in [0.25, 0.3) is 11.1 Å². The first-order chi connectivity index (χ1) is 16.0. The lowest BCUT2D eigenvalue weighted by Gasteiger charge is -2.20. The smallest absolute Gasteiger partial charge is 0.407 e. The molecule has 9 heteroatoms. The average Bonchev–Trinajstić information content (AvgIpc) is 3.40. The zero-order chi connectivity index (χ0) is 23.4. The van der Waals surface area contributed by atoms with Crippen LogP contribution in [0.5, 0.6) is 0 Å². The molecule has 0 bridgehead atoms. The van der Waals surface area contributed by atoms with Crippen LogP contribution in [0, 0.1) is 0 Å². The highest BCUT2D eigenvalue weighted by Gasteiger charge is 2.36. The number of carbonyl (C=O) groups is 3. The van der Waals surface area contributed by atoms with Gasteiger partial charge in [0, 0.05) is 25.5 Å². The fourth-order valence-corrected chi connectivity index (χ4v) is 4.34. The lowest BCUT2D eigenvalue weighted by atomic mass is 9.98. The summed E-state index contributed by atoms with van der Waals surface area (Å²) in [5.41, 5.74) is 4.49. The van der Waals surface area contributed by atoms with Crippen molar-refractivity contribution in [3.05, 3.63) is 59.7 Å². The monoisotopic (exact) mass is 454 g/mol. The molecule has 1 saturated heterocycles. The van der Waals surface area contributed by atoms with Crippen LogP contribution >= 0.6 is 0 Å². The topological polar surface area (TPSA) is 134 Å². The van der Waals surface area contributed by atoms with Gasteiger partial charge >= 0.3 is 12.1 Å². The number of ether oxygens (including phenoxy) is 2. The molecular weight excluding hydrogens is 428 g/mol. The minimum atomic E-state index is -1.55. The third kappa shape index (κ3) is 4.99. The number of amides is 2. The van der Waals surface area contributed by atoms with E-state index in [2.05, 4.69) is 22.8 Å². The van der Waals surface area contributed by atoms with Gasteiger partial charge in [-0.1, -0.05) is 48.5 Å². The Morgan fingerprint density at radius 1 is 1.06 bits per heavy atom. The summed E-state index contributed by atoms with van der Waals surface area (Å²) in [5, 5.41) is 23.2. The molecule has 1 fully saturated rings. The number of aliphatic hydroxyl groups excluding tert-OH is 1. The molecule has 0 aromatic heterocycles. The van der Waals surface area contributed by atoms with Gasteiger partial charge in [-0.05, 0) is 28.7 Å². The molecule has 0 saturated carbocycles. The van der Waals surface area contributed by atoms with E-state index < -0.39 is 36.2 Å². The maximum absolute atomic E-state index is 12.5. The number of nitrogens with one attached hydrogen (secondary N) is 2. The number of fused-ring (bicyclic) bond motifs is 3. The van der Waals surface area contributed by atoms with Crippen molar-refractivity contribution in [2.24, 2.45) is 0 Å². The van der Waals surface area contributed by atoms with E-state index >= 15 is 0 Å². The molecule has 2 aromatic rings. The number of hydrogen-bond donors (Lipinski definition) is 4. The third-order valence-electron chi connectivity index (χ3n) is 6.00. The third-order valence-corrected chi connectivity index (χ3v) is 6.00. The van der Waals surface area contributed by atoms with E-state index in [4.69, 9.17) is 14.6 Å². The standard InChI is InChI=1S/C24H26N2O7/c27-20(23(29)30)9-11-25-22(28)21-19(10-12-32-21)26-24(31)33-13-18-16-7-3-1-5-14(16)15-6-2-4-8-17(15)18/h1-8,18-21,27H,9-13H2,(H,25,28)(H,26,31)(H,29,30)/t19?,20-,21?/m0/s1. The molecular formula is C24H26N2O7. The molecule has 1 aliphatic heterocycles. The van der Waals surface area contributed by atoms with E-state index in [1.165, 1.54) is 0 Å². The van der Waals surface area contributed by atoms with Crippen molar-refractivity contribution in [3.63, 3.8) is 0 Å². The largest absolute Gasteiger partial charge is 0.479 e. The second-order valence-corrected chi connectivity index (χ2v) is 8.09. The number of carbonyl (C=O) groups excluding carboxylic acids is 2. The number of aliphatic carboxylic acids is 1. The fourth-order valence-electron chi connectivity index (χ4n) is 4.34. The predicted molar refractivity (Wildman–Crippen MR) is 118 cm³/mol. The molecule has 3 atom stereocenters. The lowest BCUT2D eigenvalue weighted by molar-refractivity contribution is -0.147. The molecule has 2 aliphatic rings. The minimum absolute atomic E-state index is 0.0240. The molecule has 4 N–H and O–H groups in total. The normalized spacial score (nSPS) is 19.9. The molecule has 2 aromatic carbocycles. The number of rotatable bonds is 8. The summed E-state index contributed by atoms with van der Waals surface area (Å²) in [4.78, 5) is 35.5. The molecule has 174 valence electrons. The van der Waals surface area contributed by atoms with Gasteiger partial charge in [0.15, 0.2) is 12.2 Å². The Balaban J connectivity index is 1.31. The highest BCUT2D eigenvalue weighted by Crippen LogP contribution is 2.44. The lowest BCUT2D eigenvalue weighted by Crippen LogP contribution is -2.49. The van der Waals surface area contributed by atoms with Crippen LogP contribution < -0.4 is 10.6 Å². The number of alkyl carbamates (subject to hydrolysis) is 1. The van der Waals surface area contributed by atoms with Gasteiger partial charge < -0.3 is 30.3 Å². The fraction of sp³-hybridized carbons (Fsp3) is 0.375. The summed E-state index contributed by atoms with van der Waals surface area (Å²) >= 11 is 0. The van der Waals surface area contributed by atoms with Crippen molar-refractivity contribution in [2.45, 2.75) is 37.0 Å². The van der Waals surface area contributed by atoms with Gasteiger partial charge in [0.05, 0.1) is 6.04 Å². The summed E-state index contributed by atoms with van der Waals surface area (Å²) in [6.07, 6.45) is -2.78. The Bertz CT molecular complexity index is 995. The Hall–Kier alpha value is -3.43. The zero-order valence-corrected chi connectivity index (χ0v) is 17.9. The number of benzene rings is 2. The molecule has 2 unspecified atom stereocenters. The molecule has 1 heterocycles. The van der Waals surface area contributed by atoms with E-state index in [0.29, 0.717) is 13.0 Å². The highest BCUT2D eigenvalue weighted by atomic mass is 16.6. The Morgan fingerprint density at radius 3 is 2.33 bits per heavy atom. The second-order valence-electron chi connectivity index (χ2n) is 8.09. The van der Waals surface area contributed by atoms with E-state index in [1.807, 2.05) is 36.4 Å². The van der Waals surface area contributed by atoms with E-state index in [1.54, 1.807) is 0 Å². The zero-order valence-electron chi connectivity index (χ0n) is 17.9. The molecule has 33 heavy (non-hydrogen) atoms. The van der Waals surface area contributed by atoms with Gasteiger partial charge in [-0.2, -0.15) is 0 Å². The molecule has 1 aliphatic carbocycles. The van der Waals surface area contributed by atoms with Gasteiger partial charge in [0.25, 0.3) is 5.91 Å². The maximum Gasteiger partial charge on any atom is 0.407 e. The number of carboxylic acids is 1. The van der Waals surface area contributed by atoms with Crippen LogP contribution in [0.3, 0.4) is 0 Å². The van der Waals surface area contributed by atoms with E-state index in [9.17, 15) is 19.5 Å². The minimum Gasteiger partial charge on any atom is -0.479 e. The first-order valence-electron chi connectivity index (χ1n) is 10.9. The van der Waals surface area contributed by atoms with Gasteiger partial charge in [-0.25, -0.2) is 9.59 Å². The van der Waals surface area contributed by atoms with Crippen molar-refractivity contribution >= 4 is 18.0 Å². The number of carboxylic acid groups (broad SMARTS) is 1. The summed E-state index contributed by atoms with van der Waals surface area (Å²) in [6, 6.07) is 15.5. The number of aliphatic hydroxyl groups is 1. The molecule has 4 rings (SSSR count). The predicted octanol–water partition coefficient (Wildman–Crippen LogP) is 1.63. The summed E-state index contributed by atoms with van der Waals surface area (Å²) in [5.74, 6) is -1.90. The first-order valence-corrected chi connectivity index (χ1v) is 10.9. The Kier molecular flexibility index (Phi) is 6.90. The van der Waals surface area contributed by atoms with Crippen LogP contribution in [0.2, 0.25) is 0 Å². The van der Waals surface area contributed by atoms with E-state index in [-0.39, 0.29) is 25.5 Å². The highest BCUT2D eigenvalue weighted by molar-refractivity contribution is 5.83. The van der Waals surface area contributed by atoms with Crippen molar-refractivity contribution in [1.82, 2.24) is 10.6 Å². The second kappa shape index (κ2) is 10.0. The van der Waals surface area contributed by atoms with Crippen molar-refractivity contribution < 1.29 is 34.1 Å². The molecule has 0 radical (unpaired) electrons. The Morgan fingerprint density at radius 2 is 1.70 bits per heavy atom. The average molecular weight is 454 g/mol. The molecule has 9 nitrogen and oxygen atoms in total. The van der Waals surface area contributed by atoms with Gasteiger partial charge in [-0.15, -0.1) is 0 Å². The van der Waals surface area contributed by atoms with E-state index in [0.717, 1.165) is 22.3 Å². The van der Waals surface area contributed by atoms with Gasteiger partial charge in [0.2, 0.25) is 0 Å². The van der Waals surface area contributed by atoms with Crippen LogP contribution in [0.1, 0.15) is 29.9 Å². The quantitative estimate of drug-likeness (QED) is 0.476. The van der Waals surface area contributed by atoms with Gasteiger partial charge in [0.1, 0.15) is 6.61 Å². The maximum atomic E-state index is 12.5. The summed E-state index contributed by atoms with van der Waals surface area (Å²) in [6.45, 7) is 0.436. The molecule has 0 spiro atoms. The summed E-state index contributed by atoms with van der Waals surface area (Å²) in [7, 11) is 0. The van der Waals surface area contributed by atoms with Crippen molar-refractivity contribution in [3.8, 4) is 11.1 Å². The first kappa shape index (κ1) is 22.8. The summed E-state index contributed by atoms with van der Waals surface area (Å²) < 4.78 is 11.0. The number of hydrogen-bond acceptors (Lipinski definition) is 6. The van der Waals surface area contributed by atoms with Crippen molar-refractivity contribution in [1.29, 1.82) is 0 Å². The van der Waals surface area contributed by atoms with Crippen molar-refractivity contribution in [2.75, 3.05) is 19.8 Å². The van der Waals surface area contributed by atoms with Crippen LogP contribution in [0.4, 0.5) is 4.79 Å². The Labute approximate surface area is 190 Å². The van der Waals surface area contributed by atoms with Crippen LogP contribution in [-0.4, -0.2) is 66.2 Å². The van der Waals surface area contributed by atoms with Crippen LogP contribution in [0.15, 0.2) is 48.5 Å². The SMILES string of the molecule is O=C(NC1CCOC1C(=O)NCC[C@H](O)C(=O)O)OCC1c2ccccc2-c2ccccc21. The van der Waals surface area contributed by atoms with Crippen LogP contribution in [-0.2, 0) is 19.1 Å².